The lowest BCUT2D eigenvalue weighted by Crippen LogP contribution is -2.20. The van der Waals surface area contributed by atoms with Gasteiger partial charge in [0, 0.05) is 29.7 Å². The molecule has 160 valence electrons. The molecule has 0 amide bonds. The van der Waals surface area contributed by atoms with Gasteiger partial charge in [0.2, 0.25) is 5.95 Å². The molecule has 0 bridgehead atoms. The van der Waals surface area contributed by atoms with Crippen LogP contribution in [-0.2, 0) is 0 Å². The number of anilines is 3. The first kappa shape index (κ1) is 20.7. The van der Waals surface area contributed by atoms with Crippen molar-refractivity contribution in [2.45, 2.75) is 45.9 Å². The summed E-state index contributed by atoms with van der Waals surface area (Å²) in [7, 11) is 0. The molecule has 4 aromatic rings. The average molecular weight is 419 g/mol. The molecule has 0 unspecified atom stereocenters. The zero-order valence-corrected chi connectivity index (χ0v) is 17.8. The Morgan fingerprint density at radius 1 is 1.10 bits per heavy atom. The molecule has 0 aliphatic carbocycles. The third-order valence-electron chi connectivity index (χ3n) is 4.85. The van der Waals surface area contributed by atoms with Gasteiger partial charge in [-0.3, -0.25) is 0 Å². The molecule has 9 nitrogen and oxygen atoms in total. The number of rotatable bonds is 8. The minimum atomic E-state index is -0.716. The Labute approximate surface area is 180 Å². The second-order valence-corrected chi connectivity index (χ2v) is 7.60. The van der Waals surface area contributed by atoms with Crippen LogP contribution in [0.4, 0.5) is 17.5 Å². The third kappa shape index (κ3) is 4.61. The molecule has 31 heavy (non-hydrogen) atoms. The van der Waals surface area contributed by atoms with Gasteiger partial charge >= 0.3 is 0 Å². The van der Waals surface area contributed by atoms with E-state index in [9.17, 15) is 5.11 Å². The van der Waals surface area contributed by atoms with Crippen molar-refractivity contribution in [2.75, 3.05) is 10.6 Å². The van der Waals surface area contributed by atoms with Crippen molar-refractivity contribution in [3.8, 4) is 11.1 Å². The maximum atomic E-state index is 10.2. The summed E-state index contributed by atoms with van der Waals surface area (Å²) in [4.78, 5) is 21.9. The highest BCUT2D eigenvalue weighted by Gasteiger charge is 2.16. The maximum Gasteiger partial charge on any atom is 0.228 e. The first-order valence-electron chi connectivity index (χ1n) is 10.4. The molecule has 4 rings (SSSR count). The van der Waals surface area contributed by atoms with E-state index in [4.69, 9.17) is 0 Å². The van der Waals surface area contributed by atoms with Gasteiger partial charge in [-0.05, 0) is 38.0 Å². The molecule has 0 saturated heterocycles. The van der Waals surface area contributed by atoms with E-state index in [0.29, 0.717) is 29.4 Å². The topological polar surface area (TPSA) is 114 Å². The maximum absolute atomic E-state index is 10.2. The summed E-state index contributed by atoms with van der Waals surface area (Å²) in [5.74, 6) is 0.919. The predicted octanol–water partition coefficient (Wildman–Crippen LogP) is 4.14. The van der Waals surface area contributed by atoms with Gasteiger partial charge in [0.1, 0.15) is 12.6 Å². The fourth-order valence-corrected chi connectivity index (χ4v) is 3.30. The number of hydrogen-bond donors (Lipinski definition) is 3. The Kier molecular flexibility index (Phi) is 6.03. The molecule has 0 aliphatic heterocycles. The van der Waals surface area contributed by atoms with Crippen LogP contribution in [-0.4, -0.2) is 40.8 Å². The fraction of sp³-hybridized carbons (Fsp3) is 0.318. The lowest BCUT2D eigenvalue weighted by Gasteiger charge is -2.15. The van der Waals surface area contributed by atoms with Crippen LogP contribution < -0.4 is 10.6 Å². The molecule has 0 fully saturated rings. The van der Waals surface area contributed by atoms with Crippen LogP contribution in [0, 0.1) is 0 Å². The van der Waals surface area contributed by atoms with Gasteiger partial charge in [-0.25, -0.2) is 15.0 Å². The van der Waals surface area contributed by atoms with Crippen LogP contribution in [0.1, 0.15) is 39.7 Å². The summed E-state index contributed by atoms with van der Waals surface area (Å²) in [6.45, 7) is 6.15. The van der Waals surface area contributed by atoms with Crippen molar-refractivity contribution in [3.05, 3.63) is 49.3 Å². The van der Waals surface area contributed by atoms with Crippen molar-refractivity contribution in [2.24, 2.45) is 0 Å². The smallest absolute Gasteiger partial charge is 0.228 e. The Bertz CT molecular complexity index is 1160. The minimum Gasteiger partial charge on any atom is -0.374 e. The minimum absolute atomic E-state index is 0.183. The highest BCUT2D eigenvalue weighted by atomic mass is 16.3. The summed E-state index contributed by atoms with van der Waals surface area (Å²) in [6, 6.07) is 8.11. The van der Waals surface area contributed by atoms with Crippen molar-refractivity contribution >= 4 is 28.6 Å². The second-order valence-electron chi connectivity index (χ2n) is 7.60. The molecule has 3 N–H and O–H groups in total. The lowest BCUT2D eigenvalue weighted by molar-refractivity contribution is 0.191. The lowest BCUT2D eigenvalue weighted by atomic mass is 10.1. The van der Waals surface area contributed by atoms with Gasteiger partial charge in [0.25, 0.3) is 0 Å². The number of nitrogens with zero attached hydrogens (tertiary/aromatic N) is 6. The van der Waals surface area contributed by atoms with Crippen molar-refractivity contribution < 1.29 is 5.11 Å². The third-order valence-corrected chi connectivity index (χ3v) is 4.85. The molecule has 9 heteroatoms. The second kappa shape index (κ2) is 9.05. The number of hydrogen-bond acceptors (Lipinski definition) is 8. The number of fused-ring (bicyclic) bond motifs is 1. The quantitative estimate of drug-likeness (QED) is 0.366. The molecule has 3 heterocycles. The highest BCUT2D eigenvalue weighted by Crippen LogP contribution is 2.28. The van der Waals surface area contributed by atoms with Crippen LogP contribution in [0.3, 0.4) is 0 Å². The Balaban J connectivity index is 1.72. The SMILES string of the molecule is CCC[C@H](O)Nc1nc(Nc2cccc(-c3cncnc3)c2)c2ncn(C(C)C)c2n1. The van der Waals surface area contributed by atoms with Gasteiger partial charge in [0.05, 0.1) is 6.33 Å². The molecule has 0 saturated carbocycles. The van der Waals surface area contributed by atoms with Crippen molar-refractivity contribution in [1.82, 2.24) is 29.5 Å². The Hall–Kier alpha value is -3.59. The van der Waals surface area contributed by atoms with Crippen molar-refractivity contribution in [1.29, 1.82) is 0 Å². The monoisotopic (exact) mass is 418 g/mol. The molecule has 1 atom stereocenters. The van der Waals surface area contributed by atoms with Gasteiger partial charge in [0.15, 0.2) is 17.0 Å². The van der Waals surface area contributed by atoms with Gasteiger partial charge < -0.3 is 20.3 Å². The van der Waals surface area contributed by atoms with E-state index in [-0.39, 0.29) is 6.04 Å². The molecule has 0 radical (unpaired) electrons. The number of benzene rings is 1. The van der Waals surface area contributed by atoms with Crippen LogP contribution in [0.25, 0.3) is 22.3 Å². The number of imidazole rings is 1. The zero-order chi connectivity index (χ0) is 21.8. The van der Waals surface area contributed by atoms with E-state index < -0.39 is 6.23 Å². The van der Waals surface area contributed by atoms with Crippen LogP contribution in [0.2, 0.25) is 0 Å². The van der Waals surface area contributed by atoms with E-state index in [0.717, 1.165) is 23.2 Å². The molecule has 3 aromatic heterocycles. The van der Waals surface area contributed by atoms with Gasteiger partial charge in [-0.2, -0.15) is 9.97 Å². The number of aliphatic hydroxyl groups is 1. The van der Waals surface area contributed by atoms with E-state index in [1.807, 2.05) is 35.8 Å². The van der Waals surface area contributed by atoms with Gasteiger partial charge in [-0.15, -0.1) is 0 Å². The summed E-state index contributed by atoms with van der Waals surface area (Å²) >= 11 is 0. The highest BCUT2D eigenvalue weighted by molar-refractivity contribution is 5.87. The average Bonchev–Trinajstić information content (AvgIpc) is 3.19. The van der Waals surface area contributed by atoms with Gasteiger partial charge in [-0.1, -0.05) is 25.5 Å². The Morgan fingerprint density at radius 3 is 2.65 bits per heavy atom. The summed E-state index contributed by atoms with van der Waals surface area (Å²) in [5, 5.41) is 16.6. The molecular weight excluding hydrogens is 392 g/mol. The summed E-state index contributed by atoms with van der Waals surface area (Å²) in [5.41, 5.74) is 4.12. The summed E-state index contributed by atoms with van der Waals surface area (Å²) in [6.07, 6.45) is 7.56. The van der Waals surface area contributed by atoms with Crippen molar-refractivity contribution in [3.63, 3.8) is 0 Å². The van der Waals surface area contributed by atoms with Crippen LogP contribution in [0.5, 0.6) is 0 Å². The van der Waals surface area contributed by atoms with E-state index in [1.54, 1.807) is 18.7 Å². The number of aliphatic hydroxyl groups excluding tert-OH is 1. The molecular formula is C22H26N8O. The molecule has 0 aliphatic rings. The molecule has 0 spiro atoms. The van der Waals surface area contributed by atoms with Crippen LogP contribution in [0.15, 0.2) is 49.3 Å². The predicted molar refractivity (Wildman–Crippen MR) is 121 cm³/mol. The van der Waals surface area contributed by atoms with E-state index in [1.165, 1.54) is 6.33 Å². The number of nitrogens with one attached hydrogen (secondary N) is 2. The normalized spacial score (nSPS) is 12.3. The number of aromatic nitrogens is 6. The largest absolute Gasteiger partial charge is 0.374 e. The van der Waals surface area contributed by atoms with E-state index >= 15 is 0 Å². The Morgan fingerprint density at radius 2 is 1.90 bits per heavy atom. The van der Waals surface area contributed by atoms with Crippen LogP contribution >= 0.6 is 0 Å². The van der Waals surface area contributed by atoms with E-state index in [2.05, 4.69) is 49.4 Å². The standard InChI is InChI=1S/C22H26N8O/c1-4-6-18(31)27-22-28-20(19-21(29-22)30(13-25-19)14(2)3)26-17-8-5-7-15(9-17)16-10-23-12-24-11-16/h5,7-14,18,31H,4,6H2,1-3H3,(H2,26,27,28,29)/t18-/m0/s1. The summed E-state index contributed by atoms with van der Waals surface area (Å²) < 4.78 is 1.98. The first-order chi connectivity index (χ1) is 15.0. The fourth-order valence-electron chi connectivity index (χ4n) is 3.30. The first-order valence-corrected chi connectivity index (χ1v) is 10.4. The molecule has 1 aromatic carbocycles. The zero-order valence-electron chi connectivity index (χ0n) is 17.8.